The molecule has 1 heterocycles. The second kappa shape index (κ2) is 7.90. The average Bonchev–Trinajstić information content (AvgIpc) is 2.56. The van der Waals surface area contributed by atoms with Crippen LogP contribution in [0.5, 0.6) is 17.2 Å². The van der Waals surface area contributed by atoms with E-state index < -0.39 is 0 Å². The van der Waals surface area contributed by atoms with Gasteiger partial charge in [0.1, 0.15) is 5.75 Å². The highest BCUT2D eigenvalue weighted by Gasteiger charge is 2.07. The van der Waals surface area contributed by atoms with Gasteiger partial charge in [-0.1, -0.05) is 11.8 Å². The number of amidine groups is 1. The first-order chi connectivity index (χ1) is 10.8. The minimum atomic E-state index is 0.505. The Morgan fingerprint density at radius 3 is 2.86 bits per heavy atom. The number of ether oxygens (including phenoxy) is 2. The number of aliphatic imine (C=N–C) groups is 1. The zero-order chi connectivity index (χ0) is 15.8. The quantitative estimate of drug-likeness (QED) is 0.404. The Hall–Kier alpha value is -2.72. The molecular formula is C15H14N4O2S. The monoisotopic (exact) mass is 314 g/mol. The molecule has 0 amide bonds. The van der Waals surface area contributed by atoms with Crippen molar-refractivity contribution in [1.82, 2.24) is 10.3 Å². The predicted octanol–water partition coefficient (Wildman–Crippen LogP) is 3.30. The summed E-state index contributed by atoms with van der Waals surface area (Å²) in [4.78, 5) is 8.32. The molecule has 0 spiro atoms. The number of hydrogen-bond acceptors (Lipinski definition) is 6. The number of hydrogen-bond donors (Lipinski definition) is 1. The van der Waals surface area contributed by atoms with Crippen molar-refractivity contribution in [3.05, 3.63) is 42.7 Å². The van der Waals surface area contributed by atoms with Crippen molar-refractivity contribution in [3.63, 3.8) is 0 Å². The molecular weight excluding hydrogens is 300 g/mol. The molecule has 0 saturated carbocycles. The van der Waals surface area contributed by atoms with E-state index in [9.17, 15) is 0 Å². The lowest BCUT2D eigenvalue weighted by Gasteiger charge is -2.10. The predicted molar refractivity (Wildman–Crippen MR) is 86.7 cm³/mol. The van der Waals surface area contributed by atoms with E-state index in [-0.39, 0.29) is 0 Å². The number of methoxy groups -OCH3 is 1. The van der Waals surface area contributed by atoms with Crippen LogP contribution in [0.15, 0.2) is 47.7 Å². The molecule has 0 aliphatic rings. The van der Waals surface area contributed by atoms with E-state index >= 15 is 0 Å². The number of nitrogens with zero attached hydrogens (tertiary/aromatic N) is 3. The van der Waals surface area contributed by atoms with Crippen LogP contribution in [0, 0.1) is 11.5 Å². The molecule has 0 aliphatic carbocycles. The van der Waals surface area contributed by atoms with Crippen molar-refractivity contribution in [2.45, 2.75) is 0 Å². The normalized spacial score (nSPS) is 10.7. The standard InChI is InChI=1S/C15H14N4O2S/c1-20-14-8-11(19-15(22-2)18-10-16)5-6-13(14)21-12-4-3-7-17-9-12/h3-9H,1-2H3,(H,18,19). The Balaban J connectivity index is 2.26. The van der Waals surface area contributed by atoms with Gasteiger partial charge in [-0.15, -0.1) is 0 Å². The van der Waals surface area contributed by atoms with Crippen LogP contribution in [0.1, 0.15) is 0 Å². The third-order valence-electron chi connectivity index (χ3n) is 2.60. The molecule has 0 radical (unpaired) electrons. The lowest BCUT2D eigenvalue weighted by atomic mass is 10.3. The van der Waals surface area contributed by atoms with E-state index in [4.69, 9.17) is 14.7 Å². The highest BCUT2D eigenvalue weighted by atomic mass is 32.2. The molecule has 0 fully saturated rings. The number of nitrogens with one attached hydrogen (secondary N) is 1. The third-order valence-corrected chi connectivity index (χ3v) is 3.18. The number of thioether (sulfide) groups is 1. The van der Waals surface area contributed by atoms with Crippen molar-refractivity contribution >= 4 is 22.6 Å². The largest absolute Gasteiger partial charge is 0.493 e. The molecule has 112 valence electrons. The van der Waals surface area contributed by atoms with Gasteiger partial charge in [-0.05, 0) is 30.5 Å². The van der Waals surface area contributed by atoms with Crippen LogP contribution in [-0.2, 0) is 0 Å². The Morgan fingerprint density at radius 2 is 2.23 bits per heavy atom. The van der Waals surface area contributed by atoms with E-state index in [0.717, 1.165) is 0 Å². The summed E-state index contributed by atoms with van der Waals surface area (Å²) in [5.74, 6) is 1.73. The minimum Gasteiger partial charge on any atom is -0.493 e. The minimum absolute atomic E-state index is 0.505. The summed E-state index contributed by atoms with van der Waals surface area (Å²) in [5, 5.41) is 11.7. The Labute approximate surface area is 132 Å². The SMILES string of the molecule is COc1cc(N=C(NC#N)SC)ccc1Oc1cccnc1. The van der Waals surface area contributed by atoms with Crippen LogP contribution < -0.4 is 14.8 Å². The van der Waals surface area contributed by atoms with Crippen molar-refractivity contribution < 1.29 is 9.47 Å². The van der Waals surface area contributed by atoms with Gasteiger partial charge in [0.15, 0.2) is 22.9 Å². The highest BCUT2D eigenvalue weighted by Crippen LogP contribution is 2.34. The molecule has 0 atom stereocenters. The van der Waals surface area contributed by atoms with Crippen molar-refractivity contribution in [1.29, 1.82) is 5.26 Å². The van der Waals surface area contributed by atoms with Crippen LogP contribution in [-0.4, -0.2) is 23.5 Å². The summed E-state index contributed by atoms with van der Waals surface area (Å²) in [6, 6.07) is 8.87. The van der Waals surface area contributed by atoms with Crippen LogP contribution >= 0.6 is 11.8 Å². The van der Waals surface area contributed by atoms with E-state index in [1.807, 2.05) is 12.4 Å². The topological polar surface area (TPSA) is 79.5 Å². The zero-order valence-corrected chi connectivity index (χ0v) is 12.9. The molecule has 2 aromatic rings. The maximum atomic E-state index is 8.65. The first-order valence-electron chi connectivity index (χ1n) is 6.30. The molecule has 1 aromatic heterocycles. The van der Waals surface area contributed by atoms with Gasteiger partial charge in [0.25, 0.3) is 0 Å². The second-order valence-electron chi connectivity index (χ2n) is 3.98. The highest BCUT2D eigenvalue weighted by molar-refractivity contribution is 8.13. The second-order valence-corrected chi connectivity index (χ2v) is 4.78. The van der Waals surface area contributed by atoms with Gasteiger partial charge in [0, 0.05) is 12.3 Å². The van der Waals surface area contributed by atoms with Crippen LogP contribution in [0.4, 0.5) is 5.69 Å². The van der Waals surface area contributed by atoms with Gasteiger partial charge in [-0.25, -0.2) is 4.99 Å². The van der Waals surface area contributed by atoms with Gasteiger partial charge in [-0.2, -0.15) is 5.26 Å². The number of aromatic nitrogens is 1. The number of nitriles is 1. The fourth-order valence-electron chi connectivity index (χ4n) is 1.63. The summed E-state index contributed by atoms with van der Waals surface area (Å²) in [6.07, 6.45) is 6.97. The van der Waals surface area contributed by atoms with Crippen LogP contribution in [0.2, 0.25) is 0 Å². The summed E-state index contributed by atoms with van der Waals surface area (Å²) in [5.41, 5.74) is 0.655. The summed E-state index contributed by atoms with van der Waals surface area (Å²) in [6.45, 7) is 0. The maximum Gasteiger partial charge on any atom is 0.183 e. The van der Waals surface area contributed by atoms with Crippen molar-refractivity contribution in [2.24, 2.45) is 4.99 Å². The van der Waals surface area contributed by atoms with E-state index in [1.54, 1.807) is 49.8 Å². The summed E-state index contributed by atoms with van der Waals surface area (Å²) in [7, 11) is 1.56. The van der Waals surface area contributed by atoms with Crippen molar-refractivity contribution in [2.75, 3.05) is 13.4 Å². The molecule has 0 saturated heterocycles. The number of rotatable bonds is 4. The van der Waals surface area contributed by atoms with Gasteiger partial charge in [-0.3, -0.25) is 10.3 Å². The van der Waals surface area contributed by atoms with Crippen LogP contribution in [0.3, 0.4) is 0 Å². The zero-order valence-electron chi connectivity index (χ0n) is 12.1. The maximum absolute atomic E-state index is 8.65. The van der Waals surface area contributed by atoms with E-state index in [0.29, 0.717) is 28.1 Å². The van der Waals surface area contributed by atoms with Gasteiger partial charge >= 0.3 is 0 Å². The first kappa shape index (κ1) is 15.7. The van der Waals surface area contributed by atoms with Crippen LogP contribution in [0.25, 0.3) is 0 Å². The molecule has 1 aromatic carbocycles. The lowest BCUT2D eigenvalue weighted by Crippen LogP contribution is -2.12. The molecule has 2 rings (SSSR count). The number of benzene rings is 1. The Kier molecular flexibility index (Phi) is 5.63. The van der Waals surface area contributed by atoms with Gasteiger partial charge in [0.2, 0.25) is 0 Å². The molecule has 1 N–H and O–H groups in total. The first-order valence-corrected chi connectivity index (χ1v) is 7.53. The Morgan fingerprint density at radius 1 is 1.36 bits per heavy atom. The summed E-state index contributed by atoms with van der Waals surface area (Å²) < 4.78 is 11.1. The van der Waals surface area contributed by atoms with Crippen molar-refractivity contribution in [3.8, 4) is 23.4 Å². The molecule has 22 heavy (non-hydrogen) atoms. The number of pyridine rings is 1. The molecule has 7 heteroatoms. The molecule has 0 unspecified atom stereocenters. The fraction of sp³-hybridized carbons (Fsp3) is 0.133. The fourth-order valence-corrected chi connectivity index (χ4v) is 1.98. The summed E-state index contributed by atoms with van der Waals surface area (Å²) >= 11 is 1.35. The van der Waals surface area contributed by atoms with Gasteiger partial charge < -0.3 is 9.47 Å². The van der Waals surface area contributed by atoms with Gasteiger partial charge in [0.05, 0.1) is 19.0 Å². The average molecular weight is 314 g/mol. The lowest BCUT2D eigenvalue weighted by molar-refractivity contribution is 0.378. The smallest absolute Gasteiger partial charge is 0.183 e. The third kappa shape index (κ3) is 4.14. The van der Waals surface area contributed by atoms with E-state index in [1.165, 1.54) is 11.8 Å². The van der Waals surface area contributed by atoms with E-state index in [2.05, 4.69) is 15.3 Å². The Bertz CT molecular complexity index is 698. The molecule has 6 nitrogen and oxygen atoms in total. The molecule has 0 bridgehead atoms. The molecule has 0 aliphatic heterocycles.